The Kier molecular flexibility index (Phi) is 6.33. The third-order valence-corrected chi connectivity index (χ3v) is 2.74. The normalized spacial score (nSPS) is 10.3. The van der Waals surface area contributed by atoms with Crippen molar-refractivity contribution in [1.82, 2.24) is 0 Å². The van der Waals surface area contributed by atoms with Crippen molar-refractivity contribution in [2.24, 2.45) is 0 Å². The van der Waals surface area contributed by atoms with Crippen LogP contribution >= 0.6 is 12.6 Å². The lowest BCUT2D eigenvalue weighted by Gasteiger charge is -2.07. The van der Waals surface area contributed by atoms with Crippen molar-refractivity contribution in [3.8, 4) is 5.75 Å². The molecular formula is C13H20OS. The van der Waals surface area contributed by atoms with Crippen molar-refractivity contribution in [2.45, 2.75) is 43.9 Å². The summed E-state index contributed by atoms with van der Waals surface area (Å²) >= 11 is 4.33. The summed E-state index contributed by atoms with van der Waals surface area (Å²) in [5.74, 6) is 0.899. The van der Waals surface area contributed by atoms with E-state index in [2.05, 4.69) is 19.6 Å². The van der Waals surface area contributed by atoms with Crippen LogP contribution in [0, 0.1) is 0 Å². The number of para-hydroxylation sites is 1. The van der Waals surface area contributed by atoms with Gasteiger partial charge in [-0.05, 0) is 18.6 Å². The number of unbranched alkanes of at least 4 members (excludes halogenated alkanes) is 4. The van der Waals surface area contributed by atoms with Gasteiger partial charge in [0.25, 0.3) is 0 Å². The molecule has 0 atom stereocenters. The molecule has 0 aliphatic rings. The van der Waals surface area contributed by atoms with E-state index in [1.165, 1.54) is 25.7 Å². The van der Waals surface area contributed by atoms with Gasteiger partial charge in [0.2, 0.25) is 0 Å². The predicted octanol–water partition coefficient (Wildman–Crippen LogP) is 4.32. The predicted molar refractivity (Wildman–Crippen MR) is 67.9 cm³/mol. The Bertz CT molecular complexity index is 273. The maximum absolute atomic E-state index is 5.64. The highest BCUT2D eigenvalue weighted by atomic mass is 32.1. The molecule has 1 nitrogen and oxygen atoms in total. The zero-order chi connectivity index (χ0) is 10.9. The van der Waals surface area contributed by atoms with E-state index in [1.807, 2.05) is 24.3 Å². The summed E-state index contributed by atoms with van der Waals surface area (Å²) in [4.78, 5) is 0.922. The van der Waals surface area contributed by atoms with Gasteiger partial charge in [-0.2, -0.15) is 0 Å². The first-order valence-electron chi connectivity index (χ1n) is 5.75. The molecule has 0 amide bonds. The lowest BCUT2D eigenvalue weighted by Crippen LogP contribution is -1.97. The molecule has 0 aromatic heterocycles. The summed E-state index contributed by atoms with van der Waals surface area (Å²) in [5, 5.41) is 0. The van der Waals surface area contributed by atoms with E-state index in [-0.39, 0.29) is 0 Å². The van der Waals surface area contributed by atoms with Gasteiger partial charge >= 0.3 is 0 Å². The van der Waals surface area contributed by atoms with Crippen LogP contribution in [0.15, 0.2) is 29.2 Å². The van der Waals surface area contributed by atoms with Crippen molar-refractivity contribution in [2.75, 3.05) is 6.61 Å². The van der Waals surface area contributed by atoms with E-state index in [9.17, 15) is 0 Å². The summed E-state index contributed by atoms with van der Waals surface area (Å²) < 4.78 is 5.64. The Hall–Kier alpha value is -0.630. The molecule has 0 unspecified atom stereocenters. The first kappa shape index (κ1) is 12.4. The summed E-state index contributed by atoms with van der Waals surface area (Å²) in [6.45, 7) is 3.04. The highest BCUT2D eigenvalue weighted by Crippen LogP contribution is 2.21. The lowest BCUT2D eigenvalue weighted by molar-refractivity contribution is 0.298. The molecular weight excluding hydrogens is 204 g/mol. The van der Waals surface area contributed by atoms with Crippen LogP contribution in [0.5, 0.6) is 5.75 Å². The van der Waals surface area contributed by atoms with E-state index in [1.54, 1.807) is 0 Å². The average Bonchev–Trinajstić information content (AvgIpc) is 2.25. The fourth-order valence-electron chi connectivity index (χ4n) is 1.47. The Balaban J connectivity index is 2.12. The molecule has 0 bridgehead atoms. The van der Waals surface area contributed by atoms with Crippen LogP contribution in [-0.2, 0) is 0 Å². The maximum atomic E-state index is 5.64. The Morgan fingerprint density at radius 3 is 2.53 bits per heavy atom. The Morgan fingerprint density at radius 1 is 1.07 bits per heavy atom. The van der Waals surface area contributed by atoms with Gasteiger partial charge in [-0.3, -0.25) is 0 Å². The van der Waals surface area contributed by atoms with E-state index in [4.69, 9.17) is 4.74 Å². The third kappa shape index (κ3) is 5.12. The highest BCUT2D eigenvalue weighted by molar-refractivity contribution is 7.80. The fraction of sp³-hybridized carbons (Fsp3) is 0.538. The van der Waals surface area contributed by atoms with Crippen LogP contribution in [0.2, 0.25) is 0 Å². The second-order valence-electron chi connectivity index (χ2n) is 3.73. The van der Waals surface area contributed by atoms with Crippen molar-refractivity contribution < 1.29 is 4.74 Å². The molecule has 0 saturated carbocycles. The Morgan fingerprint density at radius 2 is 1.80 bits per heavy atom. The molecule has 0 fully saturated rings. The van der Waals surface area contributed by atoms with Crippen LogP contribution in [-0.4, -0.2) is 6.61 Å². The zero-order valence-electron chi connectivity index (χ0n) is 9.41. The summed E-state index contributed by atoms with van der Waals surface area (Å²) in [6.07, 6.45) is 6.36. The largest absolute Gasteiger partial charge is 0.492 e. The summed E-state index contributed by atoms with van der Waals surface area (Å²) in [7, 11) is 0. The van der Waals surface area contributed by atoms with Crippen LogP contribution in [0.3, 0.4) is 0 Å². The minimum absolute atomic E-state index is 0.807. The SMILES string of the molecule is CCCCCCCOc1ccccc1S. The van der Waals surface area contributed by atoms with E-state index in [0.717, 1.165) is 23.7 Å². The van der Waals surface area contributed by atoms with Crippen molar-refractivity contribution in [3.05, 3.63) is 24.3 Å². The van der Waals surface area contributed by atoms with Gasteiger partial charge in [-0.25, -0.2) is 0 Å². The molecule has 0 heterocycles. The summed E-state index contributed by atoms with van der Waals surface area (Å²) in [5.41, 5.74) is 0. The van der Waals surface area contributed by atoms with Gasteiger partial charge < -0.3 is 4.74 Å². The molecule has 1 rings (SSSR count). The van der Waals surface area contributed by atoms with Crippen molar-refractivity contribution in [3.63, 3.8) is 0 Å². The highest BCUT2D eigenvalue weighted by Gasteiger charge is 1.97. The molecule has 0 saturated heterocycles. The molecule has 0 N–H and O–H groups in total. The minimum Gasteiger partial charge on any atom is -0.492 e. The molecule has 15 heavy (non-hydrogen) atoms. The second-order valence-corrected chi connectivity index (χ2v) is 4.21. The minimum atomic E-state index is 0.807. The monoisotopic (exact) mass is 224 g/mol. The molecule has 84 valence electrons. The van der Waals surface area contributed by atoms with Crippen LogP contribution < -0.4 is 4.74 Å². The van der Waals surface area contributed by atoms with Crippen LogP contribution in [0.4, 0.5) is 0 Å². The quantitative estimate of drug-likeness (QED) is 0.536. The molecule has 0 aliphatic carbocycles. The van der Waals surface area contributed by atoms with Gasteiger partial charge in [0, 0.05) is 4.90 Å². The smallest absolute Gasteiger partial charge is 0.132 e. The number of rotatable bonds is 7. The number of ether oxygens (including phenoxy) is 1. The molecule has 2 heteroatoms. The Labute approximate surface area is 98.3 Å². The van der Waals surface area contributed by atoms with Gasteiger partial charge in [-0.1, -0.05) is 44.7 Å². The number of hydrogen-bond acceptors (Lipinski definition) is 2. The fourth-order valence-corrected chi connectivity index (χ4v) is 1.69. The van der Waals surface area contributed by atoms with Crippen LogP contribution in [0.25, 0.3) is 0 Å². The second kappa shape index (κ2) is 7.63. The van der Waals surface area contributed by atoms with Gasteiger partial charge in [0.15, 0.2) is 0 Å². The molecule has 0 aliphatic heterocycles. The number of hydrogen-bond donors (Lipinski definition) is 1. The maximum Gasteiger partial charge on any atom is 0.132 e. The number of benzene rings is 1. The van der Waals surface area contributed by atoms with E-state index in [0.29, 0.717) is 0 Å². The molecule has 1 aromatic rings. The van der Waals surface area contributed by atoms with Gasteiger partial charge in [-0.15, -0.1) is 12.6 Å². The first-order chi connectivity index (χ1) is 7.34. The molecule has 1 aromatic carbocycles. The number of thiol groups is 1. The topological polar surface area (TPSA) is 9.23 Å². The molecule has 0 radical (unpaired) electrons. The van der Waals surface area contributed by atoms with E-state index >= 15 is 0 Å². The van der Waals surface area contributed by atoms with Crippen LogP contribution in [0.1, 0.15) is 39.0 Å². The zero-order valence-corrected chi connectivity index (χ0v) is 10.3. The lowest BCUT2D eigenvalue weighted by atomic mass is 10.2. The van der Waals surface area contributed by atoms with E-state index < -0.39 is 0 Å². The van der Waals surface area contributed by atoms with Crippen molar-refractivity contribution in [1.29, 1.82) is 0 Å². The van der Waals surface area contributed by atoms with Gasteiger partial charge in [0.1, 0.15) is 5.75 Å². The van der Waals surface area contributed by atoms with Crippen molar-refractivity contribution >= 4 is 12.6 Å². The van der Waals surface area contributed by atoms with Gasteiger partial charge in [0.05, 0.1) is 6.61 Å². The first-order valence-corrected chi connectivity index (χ1v) is 6.20. The summed E-state index contributed by atoms with van der Waals surface area (Å²) in [6, 6.07) is 7.87. The molecule has 0 spiro atoms. The standard InChI is InChI=1S/C13H20OS/c1-2-3-4-5-8-11-14-12-9-6-7-10-13(12)15/h6-7,9-10,15H,2-5,8,11H2,1H3. The third-order valence-electron chi connectivity index (χ3n) is 2.37. The average molecular weight is 224 g/mol.